The Kier molecular flexibility index (Phi) is 4.25. The SMILES string of the molecule is Nc1ccc(-c2nc3ccccn3c2-c2ccnc(Nc3ccccc3)n2)cc1N. The number of anilines is 4. The van der Waals surface area contributed by atoms with Crippen LogP contribution in [0, 0.1) is 0 Å². The fraction of sp³-hybridized carbons (Fsp3) is 0. The van der Waals surface area contributed by atoms with Crippen LogP contribution in [0.25, 0.3) is 28.3 Å². The van der Waals surface area contributed by atoms with Crippen molar-refractivity contribution in [3.8, 4) is 22.6 Å². The van der Waals surface area contributed by atoms with Gasteiger partial charge in [-0.05, 0) is 42.5 Å². The molecular weight excluding hydrogens is 374 g/mol. The second-order valence-corrected chi connectivity index (χ2v) is 6.84. The Bertz CT molecular complexity index is 1340. The van der Waals surface area contributed by atoms with E-state index in [2.05, 4.69) is 10.3 Å². The van der Waals surface area contributed by atoms with Crippen LogP contribution < -0.4 is 16.8 Å². The van der Waals surface area contributed by atoms with Gasteiger partial charge in [0.1, 0.15) is 5.65 Å². The van der Waals surface area contributed by atoms with Crippen molar-refractivity contribution in [2.75, 3.05) is 16.8 Å². The number of hydrogen-bond acceptors (Lipinski definition) is 6. The topological polar surface area (TPSA) is 107 Å². The summed E-state index contributed by atoms with van der Waals surface area (Å²) in [5.41, 5.74) is 18.0. The Morgan fingerprint density at radius 3 is 2.47 bits per heavy atom. The van der Waals surface area contributed by atoms with Gasteiger partial charge in [0.05, 0.1) is 28.5 Å². The molecule has 0 saturated heterocycles. The van der Waals surface area contributed by atoms with Crippen molar-refractivity contribution in [1.82, 2.24) is 19.4 Å². The molecule has 0 aliphatic carbocycles. The highest BCUT2D eigenvalue weighted by Gasteiger charge is 2.18. The van der Waals surface area contributed by atoms with Crippen LogP contribution in [0.5, 0.6) is 0 Å². The van der Waals surface area contributed by atoms with Crippen molar-refractivity contribution in [3.63, 3.8) is 0 Å². The fourth-order valence-electron chi connectivity index (χ4n) is 3.37. The molecule has 0 atom stereocenters. The number of rotatable bonds is 4. The molecule has 0 unspecified atom stereocenters. The number of nitrogens with zero attached hydrogens (tertiary/aromatic N) is 4. The highest BCUT2D eigenvalue weighted by molar-refractivity contribution is 5.83. The van der Waals surface area contributed by atoms with Crippen LogP contribution in [0.2, 0.25) is 0 Å². The van der Waals surface area contributed by atoms with Crippen LogP contribution in [0.15, 0.2) is 85.2 Å². The molecule has 0 amide bonds. The number of pyridine rings is 1. The molecule has 0 saturated carbocycles. The van der Waals surface area contributed by atoms with Crippen LogP contribution >= 0.6 is 0 Å². The molecule has 7 nitrogen and oxygen atoms in total. The number of nitrogens with two attached hydrogens (primary N) is 2. The standard InChI is InChI=1S/C23H19N7/c24-17-10-9-15(14-18(17)25)21-22(30-13-5-4-8-20(30)29-21)19-11-12-26-23(28-19)27-16-6-2-1-3-7-16/h1-14H,24-25H2,(H,26,27,28). The van der Waals surface area contributed by atoms with E-state index >= 15 is 0 Å². The molecule has 7 heteroatoms. The first-order valence-electron chi connectivity index (χ1n) is 9.47. The Morgan fingerprint density at radius 2 is 1.63 bits per heavy atom. The highest BCUT2D eigenvalue weighted by atomic mass is 15.1. The summed E-state index contributed by atoms with van der Waals surface area (Å²) in [7, 11) is 0. The first-order chi connectivity index (χ1) is 14.7. The van der Waals surface area contributed by atoms with E-state index in [-0.39, 0.29) is 0 Å². The van der Waals surface area contributed by atoms with E-state index in [1.807, 2.05) is 77.3 Å². The maximum Gasteiger partial charge on any atom is 0.227 e. The summed E-state index contributed by atoms with van der Waals surface area (Å²) in [4.78, 5) is 13.9. The lowest BCUT2D eigenvalue weighted by molar-refractivity contribution is 1.13. The number of hydrogen-bond donors (Lipinski definition) is 3. The maximum absolute atomic E-state index is 6.06. The van der Waals surface area contributed by atoms with Gasteiger partial charge in [-0.1, -0.05) is 30.3 Å². The minimum absolute atomic E-state index is 0.507. The summed E-state index contributed by atoms with van der Waals surface area (Å²) in [6.45, 7) is 0. The van der Waals surface area contributed by atoms with Crippen molar-refractivity contribution in [2.24, 2.45) is 0 Å². The zero-order chi connectivity index (χ0) is 20.5. The smallest absolute Gasteiger partial charge is 0.227 e. The predicted octanol–water partition coefficient (Wildman–Crippen LogP) is 4.37. The lowest BCUT2D eigenvalue weighted by atomic mass is 10.1. The number of nitrogens with one attached hydrogen (secondary N) is 1. The highest BCUT2D eigenvalue weighted by Crippen LogP contribution is 2.34. The number of aromatic nitrogens is 4. The summed E-state index contributed by atoms with van der Waals surface area (Å²) in [5, 5.41) is 3.24. The largest absolute Gasteiger partial charge is 0.397 e. The summed E-state index contributed by atoms with van der Waals surface area (Å²) in [6, 6.07) is 23.1. The van der Waals surface area contributed by atoms with Gasteiger partial charge in [-0.3, -0.25) is 4.40 Å². The van der Waals surface area contributed by atoms with Crippen molar-refractivity contribution in [2.45, 2.75) is 0 Å². The van der Waals surface area contributed by atoms with Crippen LogP contribution in [0.4, 0.5) is 23.0 Å². The Balaban J connectivity index is 1.67. The van der Waals surface area contributed by atoms with Gasteiger partial charge in [0.2, 0.25) is 5.95 Å². The average Bonchev–Trinajstić information content (AvgIpc) is 3.16. The van der Waals surface area contributed by atoms with E-state index < -0.39 is 0 Å². The third-order valence-corrected chi connectivity index (χ3v) is 4.82. The minimum Gasteiger partial charge on any atom is -0.397 e. The van der Waals surface area contributed by atoms with E-state index in [1.165, 1.54) is 0 Å². The van der Waals surface area contributed by atoms with Crippen molar-refractivity contribution >= 4 is 28.7 Å². The van der Waals surface area contributed by atoms with Crippen molar-refractivity contribution < 1.29 is 0 Å². The third kappa shape index (κ3) is 3.18. The predicted molar refractivity (Wildman–Crippen MR) is 120 cm³/mol. The zero-order valence-electron chi connectivity index (χ0n) is 16.0. The normalized spacial score (nSPS) is 10.9. The van der Waals surface area contributed by atoms with Gasteiger partial charge in [-0.25, -0.2) is 15.0 Å². The molecule has 146 valence electrons. The Labute approximate surface area is 173 Å². The quantitative estimate of drug-likeness (QED) is 0.392. The van der Waals surface area contributed by atoms with Gasteiger partial charge in [0.25, 0.3) is 0 Å². The van der Waals surface area contributed by atoms with Crippen molar-refractivity contribution in [3.05, 3.63) is 85.2 Å². The second kappa shape index (κ2) is 7.21. The molecule has 2 aromatic carbocycles. The number of benzene rings is 2. The van der Waals surface area contributed by atoms with E-state index in [0.717, 1.165) is 34.0 Å². The van der Waals surface area contributed by atoms with Gasteiger partial charge in [-0.2, -0.15) is 0 Å². The van der Waals surface area contributed by atoms with Gasteiger partial charge in [0, 0.05) is 23.6 Å². The van der Waals surface area contributed by atoms with Crippen LogP contribution in [-0.4, -0.2) is 19.4 Å². The molecule has 5 N–H and O–H groups in total. The number of fused-ring (bicyclic) bond motifs is 1. The number of imidazole rings is 1. The van der Waals surface area contributed by atoms with E-state index in [0.29, 0.717) is 17.3 Å². The molecule has 30 heavy (non-hydrogen) atoms. The molecular formula is C23H19N7. The summed E-state index contributed by atoms with van der Waals surface area (Å²) in [5.74, 6) is 0.507. The van der Waals surface area contributed by atoms with Crippen LogP contribution in [0.3, 0.4) is 0 Å². The molecule has 0 radical (unpaired) electrons. The first-order valence-corrected chi connectivity index (χ1v) is 9.47. The fourth-order valence-corrected chi connectivity index (χ4v) is 3.37. The number of nitrogen functional groups attached to an aromatic ring is 2. The van der Waals surface area contributed by atoms with Crippen LogP contribution in [-0.2, 0) is 0 Å². The van der Waals surface area contributed by atoms with E-state index in [4.69, 9.17) is 21.4 Å². The summed E-state index contributed by atoms with van der Waals surface area (Å²) in [6.07, 6.45) is 3.70. The molecule has 5 rings (SSSR count). The minimum atomic E-state index is 0.507. The van der Waals surface area contributed by atoms with Crippen LogP contribution in [0.1, 0.15) is 0 Å². The maximum atomic E-state index is 6.06. The first kappa shape index (κ1) is 17.7. The lowest BCUT2D eigenvalue weighted by Gasteiger charge is -2.09. The molecule has 0 aliphatic heterocycles. The number of para-hydroxylation sites is 1. The van der Waals surface area contributed by atoms with Gasteiger partial charge in [0.15, 0.2) is 0 Å². The average molecular weight is 393 g/mol. The van der Waals surface area contributed by atoms with Gasteiger partial charge in [-0.15, -0.1) is 0 Å². The molecule has 3 aromatic heterocycles. The second-order valence-electron chi connectivity index (χ2n) is 6.84. The molecule has 5 aromatic rings. The molecule has 0 bridgehead atoms. The Morgan fingerprint density at radius 1 is 0.800 bits per heavy atom. The van der Waals surface area contributed by atoms with E-state index in [1.54, 1.807) is 12.3 Å². The van der Waals surface area contributed by atoms with E-state index in [9.17, 15) is 0 Å². The summed E-state index contributed by atoms with van der Waals surface area (Å²) >= 11 is 0. The zero-order valence-corrected chi connectivity index (χ0v) is 16.0. The summed E-state index contributed by atoms with van der Waals surface area (Å²) < 4.78 is 2.01. The van der Waals surface area contributed by atoms with Gasteiger partial charge < -0.3 is 16.8 Å². The lowest BCUT2D eigenvalue weighted by Crippen LogP contribution is -2.00. The molecule has 3 heterocycles. The Hall–Kier alpha value is -4.39. The van der Waals surface area contributed by atoms with Crippen molar-refractivity contribution in [1.29, 1.82) is 0 Å². The third-order valence-electron chi connectivity index (χ3n) is 4.82. The molecule has 0 fully saturated rings. The molecule has 0 aliphatic rings. The monoisotopic (exact) mass is 393 g/mol. The van der Waals surface area contributed by atoms with Gasteiger partial charge >= 0.3 is 0 Å². The molecule has 0 spiro atoms.